The number of amides is 1. The fourth-order valence-electron chi connectivity index (χ4n) is 3.14. The highest BCUT2D eigenvalue weighted by molar-refractivity contribution is 5.94. The van der Waals surface area contributed by atoms with Crippen molar-refractivity contribution < 1.29 is 9.90 Å². The topological polar surface area (TPSA) is 81.6 Å². The molecule has 1 atom stereocenters. The molecule has 2 heterocycles. The zero-order valence-corrected chi connectivity index (χ0v) is 15.2. The minimum Gasteiger partial charge on any atom is -0.386 e. The van der Waals surface area contributed by atoms with Crippen LogP contribution in [-0.2, 0) is 0 Å². The Morgan fingerprint density at radius 3 is 2.81 bits per heavy atom. The Balaban J connectivity index is 1.65. The van der Waals surface area contributed by atoms with Crippen LogP contribution in [0.3, 0.4) is 0 Å². The highest BCUT2D eigenvalue weighted by atomic mass is 16.3. The van der Waals surface area contributed by atoms with Crippen LogP contribution >= 0.6 is 0 Å². The normalized spacial score (nSPS) is 19.9. The van der Waals surface area contributed by atoms with Gasteiger partial charge in [-0.1, -0.05) is 18.2 Å². The molecule has 1 saturated heterocycles. The van der Waals surface area contributed by atoms with E-state index in [9.17, 15) is 9.90 Å². The van der Waals surface area contributed by atoms with Crippen LogP contribution in [0.25, 0.3) is 0 Å². The summed E-state index contributed by atoms with van der Waals surface area (Å²) < 4.78 is 0. The first-order chi connectivity index (χ1) is 12.5. The average Bonchev–Trinajstić information content (AvgIpc) is 2.67. The Labute approximate surface area is 153 Å². The third kappa shape index (κ3) is 4.29. The molecule has 1 aliphatic rings. The van der Waals surface area contributed by atoms with E-state index in [0.29, 0.717) is 18.5 Å². The SMILES string of the molecule is CN(C)c1cc(N2CCC[C@@](O)(CNC(=O)c3ccccc3)C2)ncn1. The molecule has 1 aliphatic heterocycles. The molecule has 0 radical (unpaired) electrons. The van der Waals surface area contributed by atoms with Crippen LogP contribution in [0.2, 0.25) is 0 Å². The van der Waals surface area contributed by atoms with E-state index >= 15 is 0 Å². The van der Waals surface area contributed by atoms with E-state index in [0.717, 1.165) is 24.6 Å². The van der Waals surface area contributed by atoms with E-state index in [2.05, 4.69) is 15.3 Å². The van der Waals surface area contributed by atoms with E-state index in [1.54, 1.807) is 12.1 Å². The van der Waals surface area contributed by atoms with Gasteiger partial charge in [-0.3, -0.25) is 4.79 Å². The predicted octanol–water partition coefficient (Wildman–Crippen LogP) is 1.30. The van der Waals surface area contributed by atoms with Crippen molar-refractivity contribution in [2.24, 2.45) is 0 Å². The van der Waals surface area contributed by atoms with Crippen LogP contribution < -0.4 is 15.1 Å². The molecule has 7 heteroatoms. The van der Waals surface area contributed by atoms with E-state index in [1.165, 1.54) is 6.33 Å². The number of rotatable bonds is 5. The van der Waals surface area contributed by atoms with Gasteiger partial charge in [0.05, 0.1) is 5.60 Å². The van der Waals surface area contributed by atoms with E-state index in [4.69, 9.17) is 0 Å². The molecule has 138 valence electrons. The Kier molecular flexibility index (Phi) is 5.37. The maximum absolute atomic E-state index is 12.2. The number of aliphatic hydroxyl groups is 1. The Bertz CT molecular complexity index is 753. The van der Waals surface area contributed by atoms with Gasteiger partial charge in [0.25, 0.3) is 5.91 Å². The molecule has 1 aromatic carbocycles. The lowest BCUT2D eigenvalue weighted by molar-refractivity contribution is 0.0254. The molecule has 1 fully saturated rings. The van der Waals surface area contributed by atoms with Gasteiger partial charge in [-0.15, -0.1) is 0 Å². The number of carbonyl (C=O) groups excluding carboxylic acids is 1. The number of aromatic nitrogens is 2. The number of nitrogens with zero attached hydrogens (tertiary/aromatic N) is 4. The largest absolute Gasteiger partial charge is 0.386 e. The molecule has 26 heavy (non-hydrogen) atoms. The number of nitrogens with one attached hydrogen (secondary N) is 1. The lowest BCUT2D eigenvalue weighted by Gasteiger charge is -2.40. The highest BCUT2D eigenvalue weighted by Gasteiger charge is 2.34. The smallest absolute Gasteiger partial charge is 0.251 e. The average molecular weight is 355 g/mol. The molecule has 7 nitrogen and oxygen atoms in total. The van der Waals surface area contributed by atoms with E-state index in [-0.39, 0.29) is 12.5 Å². The van der Waals surface area contributed by atoms with Crippen molar-refractivity contribution in [2.45, 2.75) is 18.4 Å². The fourth-order valence-corrected chi connectivity index (χ4v) is 3.14. The molecule has 0 spiro atoms. The van der Waals surface area contributed by atoms with Gasteiger partial charge in [-0.2, -0.15) is 0 Å². The number of β-amino-alcohol motifs (C(OH)–C–C–N with tert-alkyl or cyclic N) is 1. The highest BCUT2D eigenvalue weighted by Crippen LogP contribution is 2.25. The molecule has 1 amide bonds. The standard InChI is InChI=1S/C19H25N5O2/c1-23(2)16-11-17(22-14-21-16)24-10-6-9-19(26,13-24)12-20-18(25)15-7-4-3-5-8-15/h3-5,7-8,11,14,26H,6,9-10,12-13H2,1-2H3,(H,20,25)/t19-/m1/s1. The third-order valence-electron chi connectivity index (χ3n) is 4.59. The van der Waals surface area contributed by atoms with Crippen LogP contribution in [0, 0.1) is 0 Å². The maximum Gasteiger partial charge on any atom is 0.251 e. The second kappa shape index (κ2) is 7.70. The van der Waals surface area contributed by atoms with Crippen molar-refractivity contribution in [2.75, 3.05) is 43.5 Å². The van der Waals surface area contributed by atoms with Crippen molar-refractivity contribution in [3.63, 3.8) is 0 Å². The van der Waals surface area contributed by atoms with Gasteiger partial charge in [0, 0.05) is 45.4 Å². The Morgan fingerprint density at radius 2 is 2.08 bits per heavy atom. The van der Waals surface area contributed by atoms with Gasteiger partial charge in [-0.25, -0.2) is 9.97 Å². The number of hydrogen-bond donors (Lipinski definition) is 2. The summed E-state index contributed by atoms with van der Waals surface area (Å²) in [6.07, 6.45) is 3.01. The zero-order chi connectivity index (χ0) is 18.6. The molecule has 3 rings (SSSR count). The van der Waals surface area contributed by atoms with E-state index < -0.39 is 5.60 Å². The summed E-state index contributed by atoms with van der Waals surface area (Å²) in [5.74, 6) is 1.44. The summed E-state index contributed by atoms with van der Waals surface area (Å²) in [5.41, 5.74) is -0.387. The first-order valence-electron chi connectivity index (χ1n) is 8.77. The second-order valence-corrected chi connectivity index (χ2v) is 6.93. The number of benzene rings is 1. The molecule has 0 aliphatic carbocycles. The number of anilines is 2. The van der Waals surface area contributed by atoms with Gasteiger partial charge < -0.3 is 20.2 Å². The van der Waals surface area contributed by atoms with Gasteiger partial charge in [0.15, 0.2) is 0 Å². The van der Waals surface area contributed by atoms with Crippen molar-refractivity contribution in [3.05, 3.63) is 48.3 Å². The molecule has 0 bridgehead atoms. The van der Waals surface area contributed by atoms with Crippen LogP contribution in [0.15, 0.2) is 42.7 Å². The van der Waals surface area contributed by atoms with Crippen molar-refractivity contribution >= 4 is 17.5 Å². The van der Waals surface area contributed by atoms with E-state index in [1.807, 2.05) is 48.2 Å². The Hall–Kier alpha value is -2.67. The zero-order valence-electron chi connectivity index (χ0n) is 15.2. The first kappa shape index (κ1) is 18.1. The monoisotopic (exact) mass is 355 g/mol. The van der Waals surface area contributed by atoms with Crippen molar-refractivity contribution in [1.29, 1.82) is 0 Å². The van der Waals surface area contributed by atoms with Gasteiger partial charge in [0.1, 0.15) is 18.0 Å². The van der Waals surface area contributed by atoms with Gasteiger partial charge >= 0.3 is 0 Å². The first-order valence-corrected chi connectivity index (χ1v) is 8.77. The third-order valence-corrected chi connectivity index (χ3v) is 4.59. The number of carbonyl (C=O) groups is 1. The molecule has 2 N–H and O–H groups in total. The summed E-state index contributed by atoms with van der Waals surface area (Å²) in [7, 11) is 3.86. The van der Waals surface area contributed by atoms with Crippen LogP contribution in [0.5, 0.6) is 0 Å². The fraction of sp³-hybridized carbons (Fsp3) is 0.421. The van der Waals surface area contributed by atoms with Crippen LogP contribution in [0.4, 0.5) is 11.6 Å². The summed E-state index contributed by atoms with van der Waals surface area (Å²) in [6.45, 7) is 1.45. The number of hydrogen-bond acceptors (Lipinski definition) is 6. The van der Waals surface area contributed by atoms with Crippen LogP contribution in [-0.4, -0.2) is 60.3 Å². The number of piperidine rings is 1. The summed E-state index contributed by atoms with van der Waals surface area (Å²) in [6, 6.07) is 10.9. The second-order valence-electron chi connectivity index (χ2n) is 6.93. The lowest BCUT2D eigenvalue weighted by atomic mass is 9.92. The van der Waals surface area contributed by atoms with Gasteiger partial charge in [0.2, 0.25) is 0 Å². The van der Waals surface area contributed by atoms with Crippen molar-refractivity contribution in [3.8, 4) is 0 Å². The molecular weight excluding hydrogens is 330 g/mol. The molecule has 2 aromatic rings. The molecule has 1 aromatic heterocycles. The Morgan fingerprint density at radius 1 is 1.31 bits per heavy atom. The quantitative estimate of drug-likeness (QED) is 0.841. The molecular formula is C19H25N5O2. The molecule has 0 unspecified atom stereocenters. The minimum atomic E-state index is -0.980. The maximum atomic E-state index is 12.2. The summed E-state index contributed by atoms with van der Waals surface area (Å²) in [4.78, 5) is 24.8. The minimum absolute atomic E-state index is 0.173. The van der Waals surface area contributed by atoms with Gasteiger partial charge in [-0.05, 0) is 25.0 Å². The van der Waals surface area contributed by atoms with Crippen LogP contribution in [0.1, 0.15) is 23.2 Å². The lowest BCUT2D eigenvalue weighted by Crippen LogP contribution is -2.54. The summed E-state index contributed by atoms with van der Waals surface area (Å²) in [5, 5.41) is 13.8. The molecule has 0 saturated carbocycles. The summed E-state index contributed by atoms with van der Waals surface area (Å²) >= 11 is 0. The van der Waals surface area contributed by atoms with Crippen molar-refractivity contribution in [1.82, 2.24) is 15.3 Å². The predicted molar refractivity (Wildman–Crippen MR) is 102 cm³/mol.